The van der Waals surface area contributed by atoms with E-state index in [4.69, 9.17) is 5.73 Å². The van der Waals surface area contributed by atoms with Crippen LogP contribution in [0.4, 0.5) is 11.5 Å². The lowest BCUT2D eigenvalue weighted by molar-refractivity contribution is 0.102. The van der Waals surface area contributed by atoms with Crippen molar-refractivity contribution < 1.29 is 13.2 Å². The number of hydrogen-bond acceptors (Lipinski definition) is 5. The molecule has 2 rings (SSSR count). The first-order valence-electron chi connectivity index (χ1n) is 5.28. The van der Waals surface area contributed by atoms with E-state index >= 15 is 0 Å². The van der Waals surface area contributed by atoms with Crippen molar-refractivity contribution in [3.63, 3.8) is 0 Å². The van der Waals surface area contributed by atoms with Gasteiger partial charge in [-0.3, -0.25) is 9.89 Å². The van der Waals surface area contributed by atoms with E-state index in [1.165, 1.54) is 30.5 Å². The van der Waals surface area contributed by atoms with Crippen molar-refractivity contribution in [2.24, 2.45) is 0 Å². The van der Waals surface area contributed by atoms with Gasteiger partial charge >= 0.3 is 0 Å². The van der Waals surface area contributed by atoms with Gasteiger partial charge in [-0.1, -0.05) is 0 Å². The van der Waals surface area contributed by atoms with Crippen LogP contribution in [-0.2, 0) is 9.84 Å². The van der Waals surface area contributed by atoms with Crippen LogP contribution in [0.15, 0.2) is 35.4 Å². The lowest BCUT2D eigenvalue weighted by atomic mass is 10.2. The zero-order chi connectivity index (χ0) is 14.0. The number of aromatic amines is 1. The molecule has 0 atom stereocenters. The Bertz CT molecular complexity index is 704. The molecule has 0 spiro atoms. The Morgan fingerprint density at radius 2 is 1.95 bits per heavy atom. The summed E-state index contributed by atoms with van der Waals surface area (Å²) < 4.78 is 22.6. The molecule has 0 aliphatic rings. The molecule has 4 N–H and O–H groups in total. The molecule has 1 aromatic carbocycles. The average Bonchev–Trinajstić information content (AvgIpc) is 2.75. The van der Waals surface area contributed by atoms with E-state index in [9.17, 15) is 13.2 Å². The SMILES string of the molecule is CS(=O)(=O)c1ccc(NC(=O)c2cn[nH]c2N)cc1. The van der Waals surface area contributed by atoms with E-state index in [1.54, 1.807) is 0 Å². The normalized spacial score (nSPS) is 11.2. The molecule has 0 aliphatic heterocycles. The third kappa shape index (κ3) is 2.91. The van der Waals surface area contributed by atoms with Gasteiger partial charge in [-0.15, -0.1) is 0 Å². The van der Waals surface area contributed by atoms with Crippen LogP contribution in [0.25, 0.3) is 0 Å². The third-order valence-electron chi connectivity index (χ3n) is 2.45. The molecule has 0 aliphatic carbocycles. The summed E-state index contributed by atoms with van der Waals surface area (Å²) >= 11 is 0. The number of nitrogens with one attached hydrogen (secondary N) is 2. The van der Waals surface area contributed by atoms with Crippen LogP contribution in [0, 0.1) is 0 Å². The second kappa shape index (κ2) is 4.73. The number of carbonyl (C=O) groups is 1. The molecule has 1 amide bonds. The first kappa shape index (κ1) is 13.1. The average molecular weight is 280 g/mol. The van der Waals surface area contributed by atoms with Gasteiger partial charge in [-0.2, -0.15) is 5.10 Å². The van der Waals surface area contributed by atoms with E-state index in [0.29, 0.717) is 5.69 Å². The van der Waals surface area contributed by atoms with E-state index < -0.39 is 15.7 Å². The summed E-state index contributed by atoms with van der Waals surface area (Å²) in [6.07, 6.45) is 2.43. The molecule has 0 radical (unpaired) electrons. The van der Waals surface area contributed by atoms with Crippen LogP contribution in [0.2, 0.25) is 0 Å². The lowest BCUT2D eigenvalue weighted by Gasteiger charge is -2.05. The Morgan fingerprint density at radius 3 is 2.42 bits per heavy atom. The smallest absolute Gasteiger partial charge is 0.261 e. The van der Waals surface area contributed by atoms with Crippen molar-refractivity contribution in [2.75, 3.05) is 17.3 Å². The molecule has 0 saturated carbocycles. The van der Waals surface area contributed by atoms with Crippen LogP contribution in [0.1, 0.15) is 10.4 Å². The molecule has 7 nitrogen and oxygen atoms in total. The number of amides is 1. The zero-order valence-corrected chi connectivity index (χ0v) is 10.9. The molecule has 0 unspecified atom stereocenters. The first-order valence-corrected chi connectivity index (χ1v) is 7.17. The van der Waals surface area contributed by atoms with Crippen LogP contribution < -0.4 is 11.1 Å². The van der Waals surface area contributed by atoms with Gasteiger partial charge in [0.2, 0.25) is 0 Å². The fourth-order valence-corrected chi connectivity index (χ4v) is 2.09. The Morgan fingerprint density at radius 1 is 1.32 bits per heavy atom. The van der Waals surface area contributed by atoms with E-state index in [0.717, 1.165) is 6.26 Å². The predicted octanol–water partition coefficient (Wildman–Crippen LogP) is 0.648. The van der Waals surface area contributed by atoms with Gasteiger partial charge in [0, 0.05) is 11.9 Å². The number of anilines is 2. The lowest BCUT2D eigenvalue weighted by Crippen LogP contribution is -2.13. The molecule has 1 aromatic heterocycles. The summed E-state index contributed by atoms with van der Waals surface area (Å²) in [6, 6.07) is 5.85. The molecule has 0 bridgehead atoms. The number of nitrogens with two attached hydrogens (primary N) is 1. The summed E-state index contributed by atoms with van der Waals surface area (Å²) in [5, 5.41) is 8.68. The molecular formula is C11H12N4O3S. The summed E-state index contributed by atoms with van der Waals surface area (Å²) in [5.41, 5.74) is 6.22. The van der Waals surface area contributed by atoms with Crippen molar-refractivity contribution >= 4 is 27.2 Å². The number of sulfone groups is 1. The highest BCUT2D eigenvalue weighted by Gasteiger charge is 2.12. The number of aromatic nitrogens is 2. The molecule has 19 heavy (non-hydrogen) atoms. The highest BCUT2D eigenvalue weighted by molar-refractivity contribution is 7.90. The molecule has 2 aromatic rings. The number of carbonyl (C=O) groups excluding carboxylic acids is 1. The summed E-state index contributed by atoms with van der Waals surface area (Å²) in [4.78, 5) is 12.0. The van der Waals surface area contributed by atoms with Crippen LogP contribution in [0.3, 0.4) is 0 Å². The fraction of sp³-hybridized carbons (Fsp3) is 0.0909. The van der Waals surface area contributed by atoms with Gasteiger partial charge in [0.05, 0.1) is 11.1 Å². The molecule has 8 heteroatoms. The fourth-order valence-electron chi connectivity index (χ4n) is 1.46. The predicted molar refractivity (Wildman–Crippen MR) is 70.5 cm³/mol. The first-order chi connectivity index (χ1) is 8.88. The maximum atomic E-state index is 11.8. The summed E-state index contributed by atoms with van der Waals surface area (Å²) in [7, 11) is -3.25. The Balaban J connectivity index is 2.17. The van der Waals surface area contributed by atoms with Crippen molar-refractivity contribution in [1.29, 1.82) is 0 Å². The number of H-pyrrole nitrogens is 1. The number of rotatable bonds is 3. The number of nitrogen functional groups attached to an aromatic ring is 1. The van der Waals surface area contributed by atoms with Gasteiger partial charge in [0.1, 0.15) is 11.4 Å². The van der Waals surface area contributed by atoms with Crippen molar-refractivity contribution in [2.45, 2.75) is 4.90 Å². The zero-order valence-electron chi connectivity index (χ0n) is 10.0. The highest BCUT2D eigenvalue weighted by Crippen LogP contribution is 2.15. The number of benzene rings is 1. The number of hydrogen-bond donors (Lipinski definition) is 3. The monoisotopic (exact) mass is 280 g/mol. The molecule has 0 saturated heterocycles. The second-order valence-corrected chi connectivity index (χ2v) is 5.96. The van der Waals surface area contributed by atoms with Gasteiger partial charge in [-0.25, -0.2) is 8.42 Å². The molecule has 1 heterocycles. The van der Waals surface area contributed by atoms with Gasteiger partial charge in [0.15, 0.2) is 9.84 Å². The Labute approximate surface area is 109 Å². The molecule has 0 fully saturated rings. The van der Waals surface area contributed by atoms with Crippen molar-refractivity contribution in [3.8, 4) is 0 Å². The minimum Gasteiger partial charge on any atom is -0.383 e. The maximum Gasteiger partial charge on any atom is 0.261 e. The quantitative estimate of drug-likeness (QED) is 0.762. The van der Waals surface area contributed by atoms with E-state index in [2.05, 4.69) is 15.5 Å². The Kier molecular flexibility index (Phi) is 3.26. The summed E-state index contributed by atoms with van der Waals surface area (Å²) in [5.74, 6) is -0.247. The van der Waals surface area contributed by atoms with Gasteiger partial charge in [-0.05, 0) is 24.3 Å². The molecular weight excluding hydrogens is 268 g/mol. The topological polar surface area (TPSA) is 118 Å². The highest BCUT2D eigenvalue weighted by atomic mass is 32.2. The van der Waals surface area contributed by atoms with E-state index in [-0.39, 0.29) is 16.3 Å². The van der Waals surface area contributed by atoms with Crippen molar-refractivity contribution in [3.05, 3.63) is 36.0 Å². The van der Waals surface area contributed by atoms with E-state index in [1.807, 2.05) is 0 Å². The van der Waals surface area contributed by atoms with Crippen LogP contribution in [-0.4, -0.2) is 30.8 Å². The van der Waals surface area contributed by atoms with Crippen molar-refractivity contribution in [1.82, 2.24) is 10.2 Å². The largest absolute Gasteiger partial charge is 0.383 e. The maximum absolute atomic E-state index is 11.8. The second-order valence-electron chi connectivity index (χ2n) is 3.95. The minimum absolute atomic E-state index is 0.172. The molecule has 100 valence electrons. The Hall–Kier alpha value is -2.35. The minimum atomic E-state index is -3.25. The summed E-state index contributed by atoms with van der Waals surface area (Å²) in [6.45, 7) is 0. The van der Waals surface area contributed by atoms with Gasteiger partial charge in [0.25, 0.3) is 5.91 Å². The number of nitrogens with zero attached hydrogens (tertiary/aromatic N) is 1. The van der Waals surface area contributed by atoms with Crippen LogP contribution in [0.5, 0.6) is 0 Å². The standard InChI is InChI=1S/C11H12N4O3S/c1-19(17,18)8-4-2-7(3-5-8)14-11(16)9-6-13-15-10(9)12/h2-6H,1H3,(H,14,16)(H3,12,13,15). The van der Waals surface area contributed by atoms with Crippen LogP contribution >= 0.6 is 0 Å². The van der Waals surface area contributed by atoms with Gasteiger partial charge < -0.3 is 11.1 Å². The third-order valence-corrected chi connectivity index (χ3v) is 3.58.